The highest BCUT2D eigenvalue weighted by atomic mass is 35.5. The molecule has 1 amide bonds. The summed E-state index contributed by atoms with van der Waals surface area (Å²) < 4.78 is 39.9. The molecule has 144 valence electrons. The van der Waals surface area contributed by atoms with Gasteiger partial charge in [0, 0.05) is 24.7 Å². The standard InChI is InChI=1S/C19H20ClFN2O3S/c20-18-6-2-1-4-14(18)12-22-19(24)15-5-3-11-23(13-15)27(25,26)17-9-7-16(21)8-10-17/h1-2,4,6-10,15H,3,5,11-13H2,(H,22,24)/t15-/m1/s1. The fourth-order valence-corrected chi connectivity index (χ4v) is 4.83. The number of nitrogens with one attached hydrogen (secondary N) is 1. The molecule has 0 saturated carbocycles. The van der Waals surface area contributed by atoms with Crippen LogP contribution in [0.5, 0.6) is 0 Å². The predicted molar refractivity (Wildman–Crippen MR) is 101 cm³/mol. The number of rotatable bonds is 5. The molecule has 5 nitrogen and oxygen atoms in total. The van der Waals surface area contributed by atoms with Gasteiger partial charge in [0.05, 0.1) is 10.8 Å². The summed E-state index contributed by atoms with van der Waals surface area (Å²) in [6.07, 6.45) is 1.20. The normalized spacial score (nSPS) is 18.2. The molecule has 2 aromatic rings. The highest BCUT2D eigenvalue weighted by Crippen LogP contribution is 2.24. The van der Waals surface area contributed by atoms with E-state index in [4.69, 9.17) is 11.6 Å². The minimum atomic E-state index is -3.75. The second-order valence-electron chi connectivity index (χ2n) is 6.47. The molecule has 0 aromatic heterocycles. The van der Waals surface area contributed by atoms with Crippen molar-refractivity contribution < 1.29 is 17.6 Å². The number of sulfonamides is 1. The van der Waals surface area contributed by atoms with Crippen LogP contribution in [-0.2, 0) is 21.4 Å². The molecule has 8 heteroatoms. The SMILES string of the molecule is O=C(NCc1ccccc1Cl)[C@@H]1CCCN(S(=O)(=O)c2ccc(F)cc2)C1. The molecule has 0 unspecified atom stereocenters. The molecule has 0 aliphatic carbocycles. The van der Waals surface area contributed by atoms with Gasteiger partial charge in [0.1, 0.15) is 5.82 Å². The van der Waals surface area contributed by atoms with Gasteiger partial charge in [0.2, 0.25) is 15.9 Å². The number of piperidine rings is 1. The molecular weight excluding hydrogens is 391 g/mol. The van der Waals surface area contributed by atoms with E-state index in [1.807, 2.05) is 18.2 Å². The van der Waals surface area contributed by atoms with Gasteiger partial charge in [-0.3, -0.25) is 4.79 Å². The lowest BCUT2D eigenvalue weighted by molar-refractivity contribution is -0.126. The molecule has 0 spiro atoms. The summed E-state index contributed by atoms with van der Waals surface area (Å²) in [4.78, 5) is 12.5. The summed E-state index contributed by atoms with van der Waals surface area (Å²) >= 11 is 6.09. The van der Waals surface area contributed by atoms with Crippen molar-refractivity contribution in [2.24, 2.45) is 5.92 Å². The van der Waals surface area contributed by atoms with E-state index in [1.54, 1.807) is 6.07 Å². The summed E-state index contributed by atoms with van der Waals surface area (Å²) in [7, 11) is -3.75. The van der Waals surface area contributed by atoms with E-state index in [-0.39, 0.29) is 17.3 Å². The van der Waals surface area contributed by atoms with Crippen LogP contribution in [0.4, 0.5) is 4.39 Å². The van der Waals surface area contributed by atoms with Crippen molar-refractivity contribution in [3.05, 3.63) is 64.9 Å². The number of benzene rings is 2. The van der Waals surface area contributed by atoms with E-state index >= 15 is 0 Å². The van der Waals surface area contributed by atoms with Gasteiger partial charge in [-0.2, -0.15) is 4.31 Å². The zero-order valence-corrected chi connectivity index (χ0v) is 16.1. The van der Waals surface area contributed by atoms with Crippen LogP contribution in [0.15, 0.2) is 53.4 Å². The van der Waals surface area contributed by atoms with E-state index in [2.05, 4.69) is 5.32 Å². The quantitative estimate of drug-likeness (QED) is 0.823. The molecule has 0 bridgehead atoms. The third kappa shape index (κ3) is 4.66. The second-order valence-corrected chi connectivity index (χ2v) is 8.81. The lowest BCUT2D eigenvalue weighted by atomic mass is 9.99. The van der Waals surface area contributed by atoms with Crippen molar-refractivity contribution in [1.82, 2.24) is 9.62 Å². The number of carbonyl (C=O) groups excluding carboxylic acids is 1. The monoisotopic (exact) mass is 410 g/mol. The zero-order chi connectivity index (χ0) is 19.4. The predicted octanol–water partition coefficient (Wildman–Crippen LogP) is 3.20. The third-order valence-corrected chi connectivity index (χ3v) is 6.87. The number of halogens is 2. The number of carbonyl (C=O) groups is 1. The molecule has 3 rings (SSSR count). The van der Waals surface area contributed by atoms with E-state index in [0.717, 1.165) is 17.7 Å². The van der Waals surface area contributed by atoms with Crippen LogP contribution in [0, 0.1) is 11.7 Å². The lowest BCUT2D eigenvalue weighted by Gasteiger charge is -2.31. The topological polar surface area (TPSA) is 66.5 Å². The summed E-state index contributed by atoms with van der Waals surface area (Å²) in [6, 6.07) is 11.9. The van der Waals surface area contributed by atoms with Crippen LogP contribution in [0.1, 0.15) is 18.4 Å². The van der Waals surface area contributed by atoms with Gasteiger partial charge in [-0.05, 0) is 48.7 Å². The maximum Gasteiger partial charge on any atom is 0.243 e. The highest BCUT2D eigenvalue weighted by Gasteiger charge is 2.33. The van der Waals surface area contributed by atoms with Crippen molar-refractivity contribution in [2.75, 3.05) is 13.1 Å². The molecule has 1 fully saturated rings. The lowest BCUT2D eigenvalue weighted by Crippen LogP contribution is -2.45. The smallest absolute Gasteiger partial charge is 0.243 e. The minimum absolute atomic E-state index is 0.0287. The summed E-state index contributed by atoms with van der Waals surface area (Å²) in [6.45, 7) is 0.738. The maximum atomic E-state index is 13.1. The average molecular weight is 411 g/mol. The second kappa shape index (κ2) is 8.37. The Morgan fingerprint density at radius 1 is 1.19 bits per heavy atom. The number of hydrogen-bond acceptors (Lipinski definition) is 3. The molecule has 1 atom stereocenters. The van der Waals surface area contributed by atoms with Gasteiger partial charge in [-0.25, -0.2) is 12.8 Å². The largest absolute Gasteiger partial charge is 0.352 e. The van der Waals surface area contributed by atoms with Crippen LogP contribution in [0.3, 0.4) is 0 Å². The van der Waals surface area contributed by atoms with E-state index in [9.17, 15) is 17.6 Å². The third-order valence-electron chi connectivity index (χ3n) is 4.62. The van der Waals surface area contributed by atoms with Crippen molar-refractivity contribution >= 4 is 27.5 Å². The van der Waals surface area contributed by atoms with Crippen LogP contribution in [-0.4, -0.2) is 31.7 Å². The molecule has 1 heterocycles. The average Bonchev–Trinajstić information content (AvgIpc) is 2.67. The van der Waals surface area contributed by atoms with Gasteiger partial charge in [0.15, 0.2) is 0 Å². The van der Waals surface area contributed by atoms with E-state index in [1.165, 1.54) is 16.4 Å². The van der Waals surface area contributed by atoms with Crippen molar-refractivity contribution in [2.45, 2.75) is 24.3 Å². The van der Waals surface area contributed by atoms with Crippen molar-refractivity contribution in [3.8, 4) is 0 Å². The van der Waals surface area contributed by atoms with Crippen LogP contribution >= 0.6 is 11.6 Å². The Kier molecular flexibility index (Phi) is 6.14. The first-order valence-corrected chi connectivity index (χ1v) is 10.5. The highest BCUT2D eigenvalue weighted by molar-refractivity contribution is 7.89. The van der Waals surface area contributed by atoms with E-state index < -0.39 is 21.8 Å². The maximum absolute atomic E-state index is 13.1. The van der Waals surface area contributed by atoms with Crippen LogP contribution in [0.25, 0.3) is 0 Å². The molecule has 1 aliphatic heterocycles. The molecule has 1 aliphatic rings. The van der Waals surface area contributed by atoms with Gasteiger partial charge >= 0.3 is 0 Å². The summed E-state index contributed by atoms with van der Waals surface area (Å²) in [5.41, 5.74) is 0.805. The number of hydrogen-bond donors (Lipinski definition) is 1. The van der Waals surface area contributed by atoms with Gasteiger partial charge in [-0.1, -0.05) is 29.8 Å². The Morgan fingerprint density at radius 2 is 1.89 bits per heavy atom. The molecule has 1 N–H and O–H groups in total. The molecule has 2 aromatic carbocycles. The van der Waals surface area contributed by atoms with Crippen LogP contribution in [0.2, 0.25) is 5.02 Å². The first-order valence-electron chi connectivity index (χ1n) is 8.65. The fourth-order valence-electron chi connectivity index (χ4n) is 3.10. The zero-order valence-electron chi connectivity index (χ0n) is 14.6. The van der Waals surface area contributed by atoms with Crippen molar-refractivity contribution in [3.63, 3.8) is 0 Å². The number of nitrogens with zero attached hydrogens (tertiary/aromatic N) is 1. The number of amides is 1. The summed E-state index contributed by atoms with van der Waals surface area (Å²) in [5.74, 6) is -1.13. The van der Waals surface area contributed by atoms with Gasteiger partial charge in [0.25, 0.3) is 0 Å². The first kappa shape index (κ1) is 19.8. The summed E-state index contributed by atoms with van der Waals surface area (Å²) in [5, 5.41) is 3.41. The van der Waals surface area contributed by atoms with Gasteiger partial charge in [-0.15, -0.1) is 0 Å². The molecular formula is C19H20ClFN2O3S. The van der Waals surface area contributed by atoms with E-state index in [0.29, 0.717) is 31.0 Å². The molecule has 0 radical (unpaired) electrons. The Labute approximate surface area is 163 Å². The molecule has 1 saturated heterocycles. The Bertz CT molecular complexity index is 919. The molecule has 27 heavy (non-hydrogen) atoms. The fraction of sp³-hybridized carbons (Fsp3) is 0.316. The van der Waals surface area contributed by atoms with Gasteiger partial charge < -0.3 is 5.32 Å². The first-order chi connectivity index (χ1) is 12.9. The Morgan fingerprint density at radius 3 is 2.59 bits per heavy atom. The van der Waals surface area contributed by atoms with Crippen molar-refractivity contribution in [1.29, 1.82) is 0 Å². The Balaban J connectivity index is 1.65. The van der Waals surface area contributed by atoms with Crippen LogP contribution < -0.4 is 5.32 Å². The minimum Gasteiger partial charge on any atom is -0.352 e. The Hall–Kier alpha value is -1.96.